The third-order valence-corrected chi connectivity index (χ3v) is 3.52. The Hall–Kier alpha value is -3.52. The second-order valence-electron chi connectivity index (χ2n) is 4.88. The zero-order valence-corrected chi connectivity index (χ0v) is 11.9. The van der Waals surface area contributed by atoms with Gasteiger partial charge in [0.05, 0.1) is 12.1 Å². The molecule has 3 rings (SSSR count). The Kier molecular flexibility index (Phi) is 3.36. The fourth-order valence-corrected chi connectivity index (χ4v) is 2.48. The Labute approximate surface area is 131 Å². The molecule has 3 aromatic rings. The van der Waals surface area contributed by atoms with Crippen LogP contribution < -0.4 is 5.63 Å². The lowest BCUT2D eigenvalue weighted by atomic mass is 9.97. The SMILES string of the molecule is [C-]#[N+]c1ccc2c(C=C)c(-c3ccc(O)cc3O)c(=O)oc2c1. The zero-order chi connectivity index (χ0) is 16.6. The molecule has 112 valence electrons. The highest BCUT2D eigenvalue weighted by molar-refractivity contribution is 5.95. The van der Waals surface area contributed by atoms with Crippen molar-refractivity contribution in [2.45, 2.75) is 0 Å². The molecule has 1 heterocycles. The van der Waals surface area contributed by atoms with Gasteiger partial charge in [0.15, 0.2) is 5.69 Å². The fourth-order valence-electron chi connectivity index (χ4n) is 2.48. The quantitative estimate of drug-likeness (QED) is 0.553. The van der Waals surface area contributed by atoms with Crippen molar-refractivity contribution in [3.05, 3.63) is 70.4 Å². The summed E-state index contributed by atoms with van der Waals surface area (Å²) in [6.45, 7) is 10.8. The van der Waals surface area contributed by atoms with Gasteiger partial charge >= 0.3 is 5.63 Å². The molecule has 0 radical (unpaired) electrons. The van der Waals surface area contributed by atoms with Gasteiger partial charge in [0.25, 0.3) is 0 Å². The normalized spacial score (nSPS) is 10.4. The molecule has 0 aliphatic carbocycles. The van der Waals surface area contributed by atoms with Crippen LogP contribution in [-0.4, -0.2) is 10.2 Å². The van der Waals surface area contributed by atoms with Gasteiger partial charge in [-0.15, -0.1) is 0 Å². The van der Waals surface area contributed by atoms with Gasteiger partial charge in [-0.25, -0.2) is 9.64 Å². The van der Waals surface area contributed by atoms with Gasteiger partial charge in [-0.2, -0.15) is 0 Å². The number of hydrogen-bond acceptors (Lipinski definition) is 4. The maximum atomic E-state index is 12.4. The van der Waals surface area contributed by atoms with E-state index in [9.17, 15) is 15.0 Å². The van der Waals surface area contributed by atoms with Crippen molar-refractivity contribution >= 4 is 22.7 Å². The van der Waals surface area contributed by atoms with Crippen LogP contribution in [0.3, 0.4) is 0 Å². The molecule has 0 saturated carbocycles. The second-order valence-corrected chi connectivity index (χ2v) is 4.88. The first-order valence-corrected chi connectivity index (χ1v) is 6.68. The summed E-state index contributed by atoms with van der Waals surface area (Å²) in [5, 5.41) is 20.0. The van der Waals surface area contributed by atoms with E-state index in [0.29, 0.717) is 16.6 Å². The van der Waals surface area contributed by atoms with Crippen LogP contribution in [-0.2, 0) is 0 Å². The summed E-state index contributed by atoms with van der Waals surface area (Å²) >= 11 is 0. The van der Waals surface area contributed by atoms with Gasteiger partial charge in [-0.05, 0) is 23.8 Å². The van der Waals surface area contributed by atoms with E-state index < -0.39 is 5.63 Å². The molecule has 0 unspecified atom stereocenters. The minimum absolute atomic E-state index is 0.113. The minimum Gasteiger partial charge on any atom is -0.508 e. The molecule has 1 aromatic heterocycles. The van der Waals surface area contributed by atoms with Crippen LogP contribution in [0, 0.1) is 6.57 Å². The molecule has 0 saturated heterocycles. The van der Waals surface area contributed by atoms with Gasteiger partial charge in [0.1, 0.15) is 17.1 Å². The summed E-state index contributed by atoms with van der Waals surface area (Å²) in [4.78, 5) is 15.7. The largest absolute Gasteiger partial charge is 0.508 e. The van der Waals surface area contributed by atoms with Gasteiger partial charge in [-0.3, -0.25) is 0 Å². The predicted molar refractivity (Wildman–Crippen MR) is 87.6 cm³/mol. The van der Waals surface area contributed by atoms with Crippen molar-refractivity contribution in [2.24, 2.45) is 0 Å². The number of benzene rings is 2. The van der Waals surface area contributed by atoms with E-state index in [1.54, 1.807) is 12.1 Å². The molecule has 0 spiro atoms. The van der Waals surface area contributed by atoms with E-state index in [2.05, 4.69) is 11.4 Å². The van der Waals surface area contributed by atoms with Crippen molar-refractivity contribution < 1.29 is 14.6 Å². The van der Waals surface area contributed by atoms with E-state index in [-0.39, 0.29) is 28.2 Å². The standard InChI is InChI=1S/C18H11NO4/c1-3-12-13-6-4-10(19-2)8-16(13)23-18(22)17(12)14-7-5-11(20)9-15(14)21/h3-9,20-21H,1H2. The monoisotopic (exact) mass is 305 g/mol. The van der Waals surface area contributed by atoms with Crippen LogP contribution in [0.5, 0.6) is 11.5 Å². The van der Waals surface area contributed by atoms with E-state index in [1.807, 2.05) is 0 Å². The molecule has 5 heteroatoms. The lowest BCUT2D eigenvalue weighted by Crippen LogP contribution is -2.06. The van der Waals surface area contributed by atoms with Gasteiger partial charge < -0.3 is 14.6 Å². The number of phenolic OH excluding ortho intramolecular Hbond substituents is 2. The van der Waals surface area contributed by atoms with Crippen molar-refractivity contribution in [2.75, 3.05) is 0 Å². The molecule has 0 atom stereocenters. The van der Waals surface area contributed by atoms with Gasteiger partial charge in [-0.1, -0.05) is 24.8 Å². The molecule has 2 aromatic carbocycles. The first-order valence-electron chi connectivity index (χ1n) is 6.68. The maximum absolute atomic E-state index is 12.4. The Bertz CT molecular complexity index is 1040. The Morgan fingerprint density at radius 2 is 1.96 bits per heavy atom. The summed E-state index contributed by atoms with van der Waals surface area (Å²) in [5.74, 6) is -0.351. The van der Waals surface area contributed by atoms with Crippen molar-refractivity contribution in [3.63, 3.8) is 0 Å². The minimum atomic E-state index is -0.657. The summed E-state index contributed by atoms with van der Waals surface area (Å²) in [6, 6.07) is 8.72. The predicted octanol–water partition coefficient (Wildman–Crippen LogP) is 4.06. The summed E-state index contributed by atoms with van der Waals surface area (Å²) in [6.07, 6.45) is 1.50. The molecular weight excluding hydrogens is 294 g/mol. The summed E-state index contributed by atoms with van der Waals surface area (Å²) in [5.41, 5.74) is 0.865. The highest BCUT2D eigenvalue weighted by atomic mass is 16.4. The van der Waals surface area contributed by atoms with Crippen LogP contribution in [0.15, 0.2) is 52.2 Å². The average Bonchev–Trinajstić information content (AvgIpc) is 2.53. The zero-order valence-electron chi connectivity index (χ0n) is 11.9. The second kappa shape index (κ2) is 5.35. The van der Waals surface area contributed by atoms with E-state index >= 15 is 0 Å². The molecule has 0 amide bonds. The van der Waals surface area contributed by atoms with E-state index in [1.165, 1.54) is 24.3 Å². The molecular formula is C18H11NO4. The van der Waals surface area contributed by atoms with E-state index in [4.69, 9.17) is 11.0 Å². The first kappa shape index (κ1) is 14.4. The third kappa shape index (κ3) is 2.32. The summed E-state index contributed by atoms with van der Waals surface area (Å²) in [7, 11) is 0. The lowest BCUT2D eigenvalue weighted by Gasteiger charge is -2.10. The van der Waals surface area contributed by atoms with Crippen LogP contribution in [0.4, 0.5) is 5.69 Å². The van der Waals surface area contributed by atoms with Gasteiger partial charge in [0.2, 0.25) is 0 Å². The first-order chi connectivity index (χ1) is 11.0. The topological polar surface area (TPSA) is 75.0 Å². The molecule has 2 N–H and O–H groups in total. The number of fused-ring (bicyclic) bond motifs is 1. The van der Waals surface area contributed by atoms with Gasteiger partial charge in [0, 0.05) is 17.0 Å². The van der Waals surface area contributed by atoms with Crippen molar-refractivity contribution in [1.82, 2.24) is 0 Å². The highest BCUT2D eigenvalue weighted by Gasteiger charge is 2.17. The molecule has 0 bridgehead atoms. The highest BCUT2D eigenvalue weighted by Crippen LogP contribution is 2.36. The van der Waals surface area contributed by atoms with Crippen molar-refractivity contribution in [3.8, 4) is 22.6 Å². The fraction of sp³-hybridized carbons (Fsp3) is 0. The molecule has 0 aliphatic rings. The molecule has 0 fully saturated rings. The van der Waals surface area contributed by atoms with Crippen molar-refractivity contribution in [1.29, 1.82) is 0 Å². The van der Waals surface area contributed by atoms with Crippen LogP contribution in [0.25, 0.3) is 33.0 Å². The van der Waals surface area contributed by atoms with Crippen LogP contribution >= 0.6 is 0 Å². The number of nitrogens with zero attached hydrogens (tertiary/aromatic N) is 1. The van der Waals surface area contributed by atoms with Crippen LogP contribution in [0.2, 0.25) is 0 Å². The number of aromatic hydroxyl groups is 2. The van der Waals surface area contributed by atoms with Crippen LogP contribution in [0.1, 0.15) is 5.56 Å². The lowest BCUT2D eigenvalue weighted by molar-refractivity contribution is 0.451. The number of phenols is 2. The summed E-state index contributed by atoms with van der Waals surface area (Å²) < 4.78 is 5.30. The Balaban J connectivity index is 2.42. The van der Waals surface area contributed by atoms with E-state index in [0.717, 1.165) is 6.07 Å². The third-order valence-electron chi connectivity index (χ3n) is 3.52. The Morgan fingerprint density at radius 3 is 2.61 bits per heavy atom. The average molecular weight is 305 g/mol. The molecule has 23 heavy (non-hydrogen) atoms. The molecule has 5 nitrogen and oxygen atoms in total. The maximum Gasteiger partial charge on any atom is 0.344 e. The number of hydrogen-bond donors (Lipinski definition) is 2. The molecule has 0 aliphatic heterocycles. The Morgan fingerprint density at radius 1 is 1.17 bits per heavy atom. The smallest absolute Gasteiger partial charge is 0.344 e. The number of rotatable bonds is 2.